The van der Waals surface area contributed by atoms with Crippen molar-refractivity contribution in [2.45, 2.75) is 24.8 Å². The number of nitrogens with two attached hydrogens (primary N) is 1. The lowest BCUT2D eigenvalue weighted by molar-refractivity contribution is 0.559. The quantitative estimate of drug-likeness (QED) is 0.499. The zero-order valence-corrected chi connectivity index (χ0v) is 15.3. The monoisotopic (exact) mass is 375 g/mol. The van der Waals surface area contributed by atoms with Crippen LogP contribution in [0.1, 0.15) is 19.4 Å². The summed E-state index contributed by atoms with van der Waals surface area (Å²) < 4.78 is 27.0. The molecule has 0 unspecified atom stereocenters. The lowest BCUT2D eigenvalue weighted by atomic mass is 10.3. The van der Waals surface area contributed by atoms with Crippen molar-refractivity contribution in [1.82, 2.24) is 20.0 Å². The second kappa shape index (κ2) is 8.57. The summed E-state index contributed by atoms with van der Waals surface area (Å²) >= 11 is 0. The molecule has 1 heterocycles. The van der Waals surface area contributed by atoms with Gasteiger partial charge in [-0.15, -0.1) is 0 Å². The van der Waals surface area contributed by atoms with Crippen LogP contribution in [0.3, 0.4) is 0 Å². The van der Waals surface area contributed by atoms with E-state index in [0.717, 1.165) is 0 Å². The van der Waals surface area contributed by atoms with Crippen LogP contribution in [0.25, 0.3) is 0 Å². The molecule has 9 nitrogen and oxygen atoms in total. The van der Waals surface area contributed by atoms with Gasteiger partial charge >= 0.3 is 0 Å². The van der Waals surface area contributed by atoms with Crippen molar-refractivity contribution in [3.63, 3.8) is 0 Å². The molecule has 10 heteroatoms. The van der Waals surface area contributed by atoms with E-state index in [1.54, 1.807) is 12.1 Å². The maximum Gasteiger partial charge on any atom is 0.240 e. The van der Waals surface area contributed by atoms with Crippen LogP contribution in [0, 0.1) is 11.3 Å². The van der Waals surface area contributed by atoms with E-state index in [4.69, 9.17) is 11.0 Å². The number of aromatic nitrogens is 2. The molecule has 0 aliphatic rings. The second-order valence-corrected chi connectivity index (χ2v) is 7.53. The number of benzene rings is 1. The van der Waals surface area contributed by atoms with Crippen molar-refractivity contribution >= 4 is 27.5 Å². The first kappa shape index (κ1) is 19.6. The molecular formula is C16H21N7O2S. The Hall–Kier alpha value is -2.74. The van der Waals surface area contributed by atoms with Gasteiger partial charge in [0.15, 0.2) is 0 Å². The average Bonchev–Trinajstić information content (AvgIpc) is 2.59. The molecule has 0 fully saturated rings. The number of nitrogens with one attached hydrogen (secondary N) is 3. The fraction of sp³-hybridized carbons (Fsp3) is 0.312. The molecule has 2 aromatic rings. The number of nitriles is 1. The van der Waals surface area contributed by atoms with E-state index in [1.807, 2.05) is 19.9 Å². The number of hydrogen-bond donors (Lipinski definition) is 4. The van der Waals surface area contributed by atoms with Crippen molar-refractivity contribution < 1.29 is 8.42 Å². The first-order valence-corrected chi connectivity index (χ1v) is 9.43. The number of nitrogens with zero attached hydrogens (tertiary/aromatic N) is 3. The number of rotatable bonds is 8. The molecular weight excluding hydrogens is 354 g/mol. The molecule has 0 saturated heterocycles. The van der Waals surface area contributed by atoms with Crippen LogP contribution in [0.5, 0.6) is 0 Å². The number of anilines is 3. The van der Waals surface area contributed by atoms with Crippen molar-refractivity contribution in [3.8, 4) is 6.07 Å². The topological polar surface area (TPSA) is 146 Å². The average molecular weight is 375 g/mol. The van der Waals surface area contributed by atoms with E-state index in [0.29, 0.717) is 24.8 Å². The predicted molar refractivity (Wildman–Crippen MR) is 99.2 cm³/mol. The van der Waals surface area contributed by atoms with Gasteiger partial charge < -0.3 is 16.4 Å². The third kappa shape index (κ3) is 5.38. The molecule has 0 amide bonds. The first-order valence-electron chi connectivity index (χ1n) is 7.94. The highest BCUT2D eigenvalue weighted by atomic mass is 32.2. The number of sulfonamides is 1. The van der Waals surface area contributed by atoms with E-state index in [1.165, 1.54) is 18.3 Å². The summed E-state index contributed by atoms with van der Waals surface area (Å²) in [6.07, 6.45) is 1.32. The highest BCUT2D eigenvalue weighted by Gasteiger charge is 2.13. The van der Waals surface area contributed by atoms with Crippen molar-refractivity contribution in [2.75, 3.05) is 24.1 Å². The second-order valence-electron chi connectivity index (χ2n) is 5.76. The molecule has 0 aliphatic heterocycles. The molecule has 138 valence electrons. The van der Waals surface area contributed by atoms with Crippen LogP contribution in [-0.4, -0.2) is 37.5 Å². The Morgan fingerprint density at radius 2 is 1.92 bits per heavy atom. The van der Waals surface area contributed by atoms with Crippen LogP contribution in [-0.2, 0) is 10.0 Å². The van der Waals surface area contributed by atoms with Crippen molar-refractivity contribution in [2.24, 2.45) is 0 Å². The largest absolute Gasteiger partial charge is 0.382 e. The fourth-order valence-corrected chi connectivity index (χ4v) is 3.05. The van der Waals surface area contributed by atoms with Crippen LogP contribution < -0.4 is 21.1 Å². The van der Waals surface area contributed by atoms with Gasteiger partial charge in [0, 0.05) is 24.8 Å². The Kier molecular flexibility index (Phi) is 6.46. The molecule has 1 aromatic carbocycles. The molecule has 5 N–H and O–H groups in total. The van der Waals surface area contributed by atoms with Gasteiger partial charge in [0.2, 0.25) is 16.0 Å². The summed E-state index contributed by atoms with van der Waals surface area (Å²) in [4.78, 5) is 8.11. The minimum atomic E-state index is -3.57. The minimum Gasteiger partial charge on any atom is -0.382 e. The van der Waals surface area contributed by atoms with E-state index < -0.39 is 10.0 Å². The lowest BCUT2D eigenvalue weighted by Crippen LogP contribution is -2.34. The number of nitrogen functional groups attached to an aromatic ring is 1. The Labute approximate surface area is 152 Å². The van der Waals surface area contributed by atoms with Gasteiger partial charge in [-0.3, -0.25) is 0 Å². The molecule has 0 atom stereocenters. The Bertz CT molecular complexity index is 890. The van der Waals surface area contributed by atoms with Gasteiger partial charge in [-0.05, 0) is 24.3 Å². The standard InChI is InChI=1S/C16H21N7O2S/c1-11(2)19-7-8-21-26(24,25)14-5-3-13(4-6-14)22-16-20-10-12(9-17)15(18)23-16/h3-6,10-11,19,21H,7-8H2,1-2H3,(H3,18,20,22,23). The molecule has 0 saturated carbocycles. The summed E-state index contributed by atoms with van der Waals surface area (Å²) in [6.45, 7) is 4.84. The Morgan fingerprint density at radius 3 is 2.50 bits per heavy atom. The molecule has 0 radical (unpaired) electrons. The summed E-state index contributed by atoms with van der Waals surface area (Å²) in [5.41, 5.74) is 6.42. The maximum atomic E-state index is 12.2. The van der Waals surface area contributed by atoms with Crippen LogP contribution in [0.15, 0.2) is 35.4 Å². The SMILES string of the molecule is CC(C)NCCNS(=O)(=O)c1ccc(Nc2ncc(C#N)c(N)n2)cc1. The Balaban J connectivity index is 2.01. The third-order valence-electron chi connectivity index (χ3n) is 3.33. The molecule has 2 rings (SSSR count). The third-order valence-corrected chi connectivity index (χ3v) is 4.81. The zero-order chi connectivity index (χ0) is 19.2. The predicted octanol–water partition coefficient (Wildman–Crippen LogP) is 0.950. The minimum absolute atomic E-state index is 0.0726. The van der Waals surface area contributed by atoms with E-state index in [9.17, 15) is 8.42 Å². The Morgan fingerprint density at radius 1 is 1.23 bits per heavy atom. The van der Waals surface area contributed by atoms with Gasteiger partial charge in [0.1, 0.15) is 17.5 Å². The van der Waals surface area contributed by atoms with Crippen molar-refractivity contribution in [3.05, 3.63) is 36.0 Å². The summed E-state index contributed by atoms with van der Waals surface area (Å²) in [5, 5.41) is 14.9. The van der Waals surface area contributed by atoms with Gasteiger partial charge in [-0.25, -0.2) is 18.1 Å². The van der Waals surface area contributed by atoms with Gasteiger partial charge in [0.05, 0.1) is 11.1 Å². The van der Waals surface area contributed by atoms with Gasteiger partial charge in [-0.2, -0.15) is 10.2 Å². The maximum absolute atomic E-state index is 12.2. The highest BCUT2D eigenvalue weighted by molar-refractivity contribution is 7.89. The van der Waals surface area contributed by atoms with E-state index in [-0.39, 0.29) is 22.2 Å². The number of hydrogen-bond acceptors (Lipinski definition) is 8. The first-order chi connectivity index (χ1) is 12.3. The molecule has 0 spiro atoms. The lowest BCUT2D eigenvalue weighted by Gasteiger charge is -2.10. The van der Waals surface area contributed by atoms with Gasteiger partial charge in [0.25, 0.3) is 0 Å². The van der Waals surface area contributed by atoms with Gasteiger partial charge in [-0.1, -0.05) is 13.8 Å². The van der Waals surface area contributed by atoms with Crippen molar-refractivity contribution in [1.29, 1.82) is 5.26 Å². The normalized spacial score (nSPS) is 11.3. The summed E-state index contributed by atoms with van der Waals surface area (Å²) in [5.74, 6) is 0.290. The highest BCUT2D eigenvalue weighted by Crippen LogP contribution is 2.18. The molecule has 0 bridgehead atoms. The molecule has 26 heavy (non-hydrogen) atoms. The smallest absolute Gasteiger partial charge is 0.240 e. The van der Waals surface area contributed by atoms with Crippen LogP contribution >= 0.6 is 0 Å². The molecule has 1 aromatic heterocycles. The summed E-state index contributed by atoms with van der Waals surface area (Å²) in [7, 11) is -3.57. The zero-order valence-electron chi connectivity index (χ0n) is 14.5. The summed E-state index contributed by atoms with van der Waals surface area (Å²) in [6, 6.07) is 8.33. The fourth-order valence-electron chi connectivity index (χ4n) is 2.02. The molecule has 0 aliphatic carbocycles. The van der Waals surface area contributed by atoms with E-state index >= 15 is 0 Å². The van der Waals surface area contributed by atoms with E-state index in [2.05, 4.69) is 25.3 Å². The van der Waals surface area contributed by atoms with Crippen LogP contribution in [0.4, 0.5) is 17.5 Å². The van der Waals surface area contributed by atoms with Crippen LogP contribution in [0.2, 0.25) is 0 Å².